The molecule has 0 aliphatic rings. The van der Waals surface area contributed by atoms with Crippen molar-refractivity contribution < 1.29 is 23.9 Å². The topological polar surface area (TPSA) is 81.7 Å². The predicted octanol–water partition coefficient (Wildman–Crippen LogP) is 3.27. The largest absolute Gasteiger partial charge is 0.469 e. The number of carbonyl (C=O) groups excluding carboxylic acids is 3. The Labute approximate surface area is 159 Å². The number of nitrogens with one attached hydrogen (secondary N) is 1. The summed E-state index contributed by atoms with van der Waals surface area (Å²) in [5, 5.41) is 2.83. The van der Waals surface area contributed by atoms with Crippen LogP contribution in [0.5, 0.6) is 0 Å². The van der Waals surface area contributed by atoms with Gasteiger partial charge in [0.25, 0.3) is 5.91 Å². The maximum Gasteiger partial charge on any atom is 0.337 e. The monoisotopic (exact) mass is 419 g/mol. The maximum absolute atomic E-state index is 12.5. The number of hydrogen-bond acceptors (Lipinski definition) is 5. The van der Waals surface area contributed by atoms with E-state index in [0.29, 0.717) is 11.1 Å². The number of esters is 2. The van der Waals surface area contributed by atoms with Gasteiger partial charge < -0.3 is 14.8 Å². The third-order valence-corrected chi connectivity index (χ3v) is 4.22. The standard InChI is InChI=1S/C19H18BrNO5/c1-25-17(22)11-16(14-4-3-5-15(20)10-14)21-18(23)12-6-8-13(9-7-12)19(24)26-2/h3-10,16H,11H2,1-2H3,(H,21,23). The Morgan fingerprint density at radius 2 is 1.65 bits per heavy atom. The van der Waals surface area contributed by atoms with Crippen molar-refractivity contribution in [1.29, 1.82) is 0 Å². The van der Waals surface area contributed by atoms with Gasteiger partial charge >= 0.3 is 11.9 Å². The fourth-order valence-corrected chi connectivity index (χ4v) is 2.76. The molecule has 0 aliphatic carbocycles. The van der Waals surface area contributed by atoms with Crippen molar-refractivity contribution in [1.82, 2.24) is 5.32 Å². The number of amides is 1. The number of benzene rings is 2. The first-order chi connectivity index (χ1) is 12.4. The van der Waals surface area contributed by atoms with E-state index in [1.54, 1.807) is 0 Å². The molecule has 0 spiro atoms. The normalized spacial score (nSPS) is 11.3. The molecule has 2 aromatic rings. The van der Waals surface area contributed by atoms with Gasteiger partial charge in [0.15, 0.2) is 0 Å². The minimum absolute atomic E-state index is 0.00105. The van der Waals surface area contributed by atoms with Crippen LogP contribution >= 0.6 is 15.9 Å². The Kier molecular flexibility index (Phi) is 6.91. The molecule has 26 heavy (non-hydrogen) atoms. The van der Waals surface area contributed by atoms with Crippen molar-refractivity contribution in [3.05, 3.63) is 69.7 Å². The van der Waals surface area contributed by atoms with Crippen LogP contribution < -0.4 is 5.32 Å². The summed E-state index contributed by atoms with van der Waals surface area (Å²) in [6, 6.07) is 12.8. The Morgan fingerprint density at radius 1 is 1.00 bits per heavy atom. The van der Waals surface area contributed by atoms with Crippen molar-refractivity contribution >= 4 is 33.8 Å². The minimum atomic E-state index is -0.548. The molecule has 6 nitrogen and oxygen atoms in total. The average Bonchev–Trinajstić information content (AvgIpc) is 2.66. The summed E-state index contributed by atoms with van der Waals surface area (Å²) in [6.45, 7) is 0. The Morgan fingerprint density at radius 3 is 2.23 bits per heavy atom. The fraction of sp³-hybridized carbons (Fsp3) is 0.211. The van der Waals surface area contributed by atoms with Crippen LogP contribution in [0.1, 0.15) is 38.7 Å². The lowest BCUT2D eigenvalue weighted by molar-refractivity contribution is -0.141. The number of methoxy groups -OCH3 is 2. The Balaban J connectivity index is 2.20. The second-order valence-electron chi connectivity index (χ2n) is 5.43. The zero-order valence-electron chi connectivity index (χ0n) is 14.3. The number of halogens is 1. The third-order valence-electron chi connectivity index (χ3n) is 3.72. The van der Waals surface area contributed by atoms with Crippen molar-refractivity contribution in [2.45, 2.75) is 12.5 Å². The zero-order valence-corrected chi connectivity index (χ0v) is 15.9. The summed E-state index contributed by atoms with van der Waals surface area (Å²) in [5.74, 6) is -1.28. The number of carbonyl (C=O) groups is 3. The molecule has 0 fully saturated rings. The van der Waals surface area contributed by atoms with E-state index in [2.05, 4.69) is 26.0 Å². The molecule has 0 saturated heterocycles. The van der Waals surface area contributed by atoms with Gasteiger partial charge in [-0.2, -0.15) is 0 Å². The average molecular weight is 420 g/mol. The molecule has 136 valence electrons. The lowest BCUT2D eigenvalue weighted by Crippen LogP contribution is -2.30. The summed E-state index contributed by atoms with van der Waals surface area (Å²) in [5.41, 5.74) is 1.48. The molecule has 7 heteroatoms. The van der Waals surface area contributed by atoms with Crippen LogP contribution in [-0.2, 0) is 14.3 Å². The molecular formula is C19H18BrNO5. The first-order valence-corrected chi connectivity index (χ1v) is 8.55. The molecule has 1 unspecified atom stereocenters. The molecule has 2 aromatic carbocycles. The molecule has 0 heterocycles. The van der Waals surface area contributed by atoms with Crippen molar-refractivity contribution in [3.63, 3.8) is 0 Å². The number of rotatable bonds is 6. The molecule has 1 amide bonds. The third kappa shape index (κ3) is 5.16. The zero-order chi connectivity index (χ0) is 19.1. The van der Waals surface area contributed by atoms with Gasteiger partial charge in [0.2, 0.25) is 0 Å². The van der Waals surface area contributed by atoms with E-state index in [1.807, 2.05) is 24.3 Å². The van der Waals surface area contributed by atoms with E-state index in [1.165, 1.54) is 38.5 Å². The minimum Gasteiger partial charge on any atom is -0.469 e. The van der Waals surface area contributed by atoms with Gasteiger partial charge in [-0.15, -0.1) is 0 Å². The highest BCUT2D eigenvalue weighted by Crippen LogP contribution is 2.22. The molecule has 0 saturated carbocycles. The molecule has 2 rings (SSSR count). The Bertz CT molecular complexity index is 804. The lowest BCUT2D eigenvalue weighted by atomic mass is 10.0. The van der Waals surface area contributed by atoms with Crippen LogP contribution in [0.4, 0.5) is 0 Å². The summed E-state index contributed by atoms with van der Waals surface area (Å²) in [4.78, 5) is 35.7. The molecule has 0 bridgehead atoms. The van der Waals surface area contributed by atoms with Crippen LogP contribution in [-0.4, -0.2) is 32.1 Å². The molecule has 1 N–H and O–H groups in total. The van der Waals surface area contributed by atoms with Gasteiger partial charge in [0.1, 0.15) is 0 Å². The second-order valence-corrected chi connectivity index (χ2v) is 6.35. The van der Waals surface area contributed by atoms with Crippen LogP contribution in [0.2, 0.25) is 0 Å². The summed E-state index contributed by atoms with van der Waals surface area (Å²) >= 11 is 3.38. The summed E-state index contributed by atoms with van der Waals surface area (Å²) in [6.07, 6.45) is -0.00105. The van der Waals surface area contributed by atoms with E-state index >= 15 is 0 Å². The first-order valence-electron chi connectivity index (χ1n) is 7.76. The molecule has 0 aromatic heterocycles. The van der Waals surface area contributed by atoms with Crippen molar-refractivity contribution in [2.24, 2.45) is 0 Å². The van der Waals surface area contributed by atoms with E-state index < -0.39 is 18.0 Å². The van der Waals surface area contributed by atoms with Gasteiger partial charge in [0, 0.05) is 10.0 Å². The van der Waals surface area contributed by atoms with E-state index in [9.17, 15) is 14.4 Å². The highest BCUT2D eigenvalue weighted by atomic mass is 79.9. The fourth-order valence-electron chi connectivity index (χ4n) is 2.34. The molecule has 1 atom stereocenters. The van der Waals surface area contributed by atoms with E-state index in [-0.39, 0.29) is 12.3 Å². The van der Waals surface area contributed by atoms with Gasteiger partial charge in [0.05, 0.1) is 32.2 Å². The van der Waals surface area contributed by atoms with Crippen molar-refractivity contribution in [3.8, 4) is 0 Å². The number of ether oxygens (including phenoxy) is 2. The van der Waals surface area contributed by atoms with Crippen LogP contribution in [0.25, 0.3) is 0 Å². The molecule has 0 radical (unpaired) electrons. The molecule has 0 aliphatic heterocycles. The van der Waals surface area contributed by atoms with Gasteiger partial charge in [-0.25, -0.2) is 4.79 Å². The highest BCUT2D eigenvalue weighted by Gasteiger charge is 2.20. The smallest absolute Gasteiger partial charge is 0.337 e. The highest BCUT2D eigenvalue weighted by molar-refractivity contribution is 9.10. The maximum atomic E-state index is 12.5. The van der Waals surface area contributed by atoms with Gasteiger partial charge in [-0.05, 0) is 42.0 Å². The van der Waals surface area contributed by atoms with Crippen molar-refractivity contribution in [2.75, 3.05) is 14.2 Å². The van der Waals surface area contributed by atoms with Crippen LogP contribution in [0.3, 0.4) is 0 Å². The van der Waals surface area contributed by atoms with Gasteiger partial charge in [-0.1, -0.05) is 28.1 Å². The van der Waals surface area contributed by atoms with Crippen LogP contribution in [0, 0.1) is 0 Å². The summed E-state index contributed by atoms with van der Waals surface area (Å²) in [7, 11) is 2.59. The predicted molar refractivity (Wildman–Crippen MR) is 98.8 cm³/mol. The molecular weight excluding hydrogens is 402 g/mol. The van der Waals surface area contributed by atoms with E-state index in [0.717, 1.165) is 10.0 Å². The Hall–Kier alpha value is -2.67. The van der Waals surface area contributed by atoms with Crippen LogP contribution in [0.15, 0.2) is 53.0 Å². The second kappa shape index (κ2) is 9.15. The summed E-state index contributed by atoms with van der Waals surface area (Å²) < 4.78 is 10.2. The lowest BCUT2D eigenvalue weighted by Gasteiger charge is -2.18. The first kappa shape index (κ1) is 19.7. The quantitative estimate of drug-likeness (QED) is 0.726. The van der Waals surface area contributed by atoms with E-state index in [4.69, 9.17) is 4.74 Å². The number of hydrogen-bond donors (Lipinski definition) is 1. The SMILES string of the molecule is COC(=O)CC(NC(=O)c1ccc(C(=O)OC)cc1)c1cccc(Br)c1. The van der Waals surface area contributed by atoms with Gasteiger partial charge in [-0.3, -0.25) is 9.59 Å².